The van der Waals surface area contributed by atoms with E-state index < -0.39 is 0 Å². The van der Waals surface area contributed by atoms with Crippen LogP contribution in [0, 0.1) is 0 Å². The van der Waals surface area contributed by atoms with Crippen LogP contribution in [0.5, 0.6) is 0 Å². The van der Waals surface area contributed by atoms with Gasteiger partial charge in [0.05, 0.1) is 27.6 Å². The molecule has 0 aliphatic heterocycles. The van der Waals surface area contributed by atoms with Gasteiger partial charge in [-0.2, -0.15) is 0 Å². The van der Waals surface area contributed by atoms with Gasteiger partial charge in [-0.1, -0.05) is 182 Å². The Morgan fingerprint density at radius 3 is 1.69 bits per heavy atom. The van der Waals surface area contributed by atoms with Crippen LogP contribution in [0.4, 0.5) is 0 Å². The Labute approximate surface area is 429 Å². The van der Waals surface area contributed by atoms with E-state index in [9.17, 15) is 0 Å². The van der Waals surface area contributed by atoms with Crippen LogP contribution in [-0.2, 0) is 0 Å². The molecule has 0 N–H and O–H groups in total. The Morgan fingerprint density at radius 2 is 0.893 bits per heavy atom. The van der Waals surface area contributed by atoms with E-state index in [2.05, 4.69) is 252 Å². The largest absolute Gasteiger partial charge is 0.455 e. The first kappa shape index (κ1) is 41.4. The number of hydrogen-bond acceptors (Lipinski definition) is 4. The minimum atomic E-state index is 0.506. The topological polar surface area (TPSA) is 61.7 Å². The normalized spacial score (nSPS) is 12.0. The molecule has 0 aliphatic rings. The van der Waals surface area contributed by atoms with Gasteiger partial charge in [-0.05, 0) is 110 Å². The summed E-state index contributed by atoms with van der Waals surface area (Å²) in [6.07, 6.45) is 0. The molecule has 16 rings (SSSR count). The fraction of sp³-hybridized carbons (Fsp3) is 0. The highest BCUT2D eigenvalue weighted by Gasteiger charge is 2.25. The number of furan rings is 1. The first-order chi connectivity index (χ1) is 37.2. The summed E-state index contributed by atoms with van der Waals surface area (Å²) >= 11 is 0. The van der Waals surface area contributed by atoms with Gasteiger partial charge in [-0.25, -0.2) is 15.0 Å². The van der Waals surface area contributed by atoms with E-state index in [1.807, 2.05) is 6.07 Å². The summed E-state index contributed by atoms with van der Waals surface area (Å²) in [5.41, 5.74) is 12.6. The van der Waals surface area contributed by atoms with E-state index in [1.165, 1.54) is 32.3 Å². The Balaban J connectivity index is 1.04. The highest BCUT2D eigenvalue weighted by molar-refractivity contribution is 6.25. The molecule has 0 spiro atoms. The van der Waals surface area contributed by atoms with Crippen LogP contribution < -0.4 is 0 Å². The minimum absolute atomic E-state index is 0.506. The van der Waals surface area contributed by atoms with Crippen LogP contribution >= 0.6 is 0 Å². The molecule has 0 radical (unpaired) electrons. The maximum atomic E-state index is 7.15. The summed E-state index contributed by atoms with van der Waals surface area (Å²) in [6, 6.07) is 88.6. The Bertz CT molecular complexity index is 5010. The third-order valence-corrected chi connectivity index (χ3v) is 15.3. The van der Waals surface area contributed by atoms with Gasteiger partial charge in [-0.3, -0.25) is 0 Å². The molecule has 6 nitrogen and oxygen atoms in total. The van der Waals surface area contributed by atoms with Crippen LogP contribution in [-0.4, -0.2) is 24.1 Å². The number of benzene rings is 12. The molecule has 0 bridgehead atoms. The van der Waals surface area contributed by atoms with Crippen LogP contribution in [0.2, 0.25) is 0 Å². The molecule has 0 fully saturated rings. The van der Waals surface area contributed by atoms with Crippen LogP contribution in [0.15, 0.2) is 253 Å². The summed E-state index contributed by atoms with van der Waals surface area (Å²) in [5, 5.41) is 13.7. The zero-order chi connectivity index (χ0) is 49.1. The summed E-state index contributed by atoms with van der Waals surface area (Å²) in [6.45, 7) is 0. The maximum absolute atomic E-state index is 7.15. The van der Waals surface area contributed by atoms with Gasteiger partial charge in [0.1, 0.15) is 11.2 Å². The molecular weight excluding hydrogens is 915 g/mol. The van der Waals surface area contributed by atoms with Gasteiger partial charge in [0, 0.05) is 54.8 Å². The van der Waals surface area contributed by atoms with Gasteiger partial charge in [0.25, 0.3) is 0 Å². The number of para-hydroxylation sites is 3. The molecule has 0 aliphatic carbocycles. The molecule has 0 amide bonds. The van der Waals surface area contributed by atoms with Crippen LogP contribution in [0.3, 0.4) is 0 Å². The summed E-state index contributed by atoms with van der Waals surface area (Å²) in [7, 11) is 0. The molecule has 0 atom stereocenters. The van der Waals surface area contributed by atoms with Gasteiger partial charge >= 0.3 is 0 Å². The lowest BCUT2D eigenvalue weighted by Crippen LogP contribution is -2.03. The van der Waals surface area contributed by atoms with Gasteiger partial charge < -0.3 is 13.6 Å². The Morgan fingerprint density at radius 1 is 0.293 bits per heavy atom. The fourth-order valence-electron chi connectivity index (χ4n) is 11.9. The fourth-order valence-corrected chi connectivity index (χ4v) is 11.9. The number of nitrogens with zero attached hydrogens (tertiary/aromatic N) is 5. The smallest absolute Gasteiger partial charge is 0.167 e. The molecule has 75 heavy (non-hydrogen) atoms. The average molecular weight is 956 g/mol. The molecule has 0 unspecified atom stereocenters. The average Bonchev–Trinajstić information content (AvgIpc) is 4.17. The second kappa shape index (κ2) is 16.2. The quantitative estimate of drug-likeness (QED) is 0.167. The zero-order valence-electron chi connectivity index (χ0n) is 40.3. The Kier molecular flexibility index (Phi) is 8.94. The number of fused-ring (bicyclic) bond motifs is 14. The van der Waals surface area contributed by atoms with E-state index in [0.29, 0.717) is 23.1 Å². The van der Waals surface area contributed by atoms with Crippen molar-refractivity contribution in [2.45, 2.75) is 0 Å². The third-order valence-electron chi connectivity index (χ3n) is 15.3. The first-order valence-electron chi connectivity index (χ1n) is 25.4. The Hall–Kier alpha value is -10.2. The molecular formula is C69H41N5O. The summed E-state index contributed by atoms with van der Waals surface area (Å²) in [4.78, 5) is 16.7. The van der Waals surface area contributed by atoms with Crippen molar-refractivity contribution in [2.75, 3.05) is 0 Å². The molecule has 6 heteroatoms. The van der Waals surface area contributed by atoms with Crippen molar-refractivity contribution in [3.05, 3.63) is 249 Å². The molecule has 0 saturated carbocycles. The lowest BCUT2D eigenvalue weighted by atomic mass is 10.0. The van der Waals surface area contributed by atoms with Crippen molar-refractivity contribution in [1.82, 2.24) is 24.1 Å². The molecule has 348 valence electrons. The number of rotatable bonds is 6. The van der Waals surface area contributed by atoms with E-state index in [-0.39, 0.29) is 0 Å². The van der Waals surface area contributed by atoms with Gasteiger partial charge in [-0.15, -0.1) is 0 Å². The maximum Gasteiger partial charge on any atom is 0.167 e. The van der Waals surface area contributed by atoms with Crippen molar-refractivity contribution in [1.29, 1.82) is 0 Å². The molecule has 4 heterocycles. The lowest BCUT2D eigenvalue weighted by molar-refractivity contribution is 0.669. The predicted octanol–water partition coefficient (Wildman–Crippen LogP) is 18.1. The number of hydrogen-bond donors (Lipinski definition) is 0. The monoisotopic (exact) mass is 955 g/mol. The van der Waals surface area contributed by atoms with Crippen molar-refractivity contribution < 1.29 is 4.42 Å². The number of aromatic nitrogens is 5. The van der Waals surface area contributed by atoms with Crippen LogP contribution in [0.1, 0.15) is 0 Å². The first-order valence-corrected chi connectivity index (χ1v) is 25.4. The van der Waals surface area contributed by atoms with Gasteiger partial charge in [0.2, 0.25) is 0 Å². The molecule has 4 aromatic heterocycles. The second-order valence-electron chi connectivity index (χ2n) is 19.5. The predicted molar refractivity (Wildman–Crippen MR) is 310 cm³/mol. The molecule has 12 aromatic carbocycles. The summed E-state index contributed by atoms with van der Waals surface area (Å²) < 4.78 is 11.9. The lowest BCUT2D eigenvalue weighted by Gasteiger charge is -2.14. The summed E-state index contributed by atoms with van der Waals surface area (Å²) in [5.74, 6) is 1.62. The van der Waals surface area contributed by atoms with E-state index in [1.54, 1.807) is 0 Å². The molecule has 16 aromatic rings. The van der Waals surface area contributed by atoms with E-state index in [4.69, 9.17) is 19.4 Å². The van der Waals surface area contributed by atoms with Crippen molar-refractivity contribution in [2.24, 2.45) is 0 Å². The van der Waals surface area contributed by atoms with Crippen molar-refractivity contribution in [3.8, 4) is 56.7 Å². The molecule has 0 saturated heterocycles. The second-order valence-corrected chi connectivity index (χ2v) is 19.5. The third kappa shape index (κ3) is 6.36. The van der Waals surface area contributed by atoms with Gasteiger partial charge in [0.15, 0.2) is 17.5 Å². The minimum Gasteiger partial charge on any atom is -0.455 e. The van der Waals surface area contributed by atoms with E-state index in [0.717, 1.165) is 99.2 Å². The van der Waals surface area contributed by atoms with Crippen LogP contribution in [0.25, 0.3) is 155 Å². The standard InChI is InChI=1S/C69H41N5O/c1-3-17-42(18-4-1)45-23-15-24-48(37-45)67-70-68(55-31-16-30-54-53-29-13-14-32-59(53)74(65(54)55)49-25-5-2-6-26-49)72-69(71-67)58-41-50(40-57-64-52-28-12-10-20-44(52)34-36-62(64)75-66(57)58)73-60-35-33-43-19-9-11-27-51(43)63(60)56-38-46-21-7-8-22-47(46)39-61(56)73/h1-41H. The highest BCUT2D eigenvalue weighted by Crippen LogP contribution is 2.45. The SMILES string of the molecule is c1ccc(-c2cccc(-c3nc(-c4cc(-n5c6cc7ccccc7cc6c6c7ccccc7ccc65)cc5c4oc4ccc6ccccc6c45)nc(-c4cccc5c6ccccc6n(-c6ccccc6)c45)n3)c2)cc1. The van der Waals surface area contributed by atoms with Crippen molar-refractivity contribution in [3.63, 3.8) is 0 Å². The van der Waals surface area contributed by atoms with E-state index >= 15 is 0 Å². The van der Waals surface area contributed by atoms with Crippen molar-refractivity contribution >= 4 is 97.9 Å². The highest BCUT2D eigenvalue weighted by atomic mass is 16.3. The zero-order valence-corrected chi connectivity index (χ0v) is 40.3.